The number of nitrogens with zero attached hydrogens (tertiary/aromatic N) is 4. The number of fused-ring (bicyclic) bond motifs is 1. The minimum atomic E-state index is 0.0202. The Labute approximate surface area is 154 Å². The summed E-state index contributed by atoms with van der Waals surface area (Å²) in [4.78, 5) is 14.8. The molecule has 26 heavy (non-hydrogen) atoms. The van der Waals surface area contributed by atoms with E-state index >= 15 is 0 Å². The van der Waals surface area contributed by atoms with Crippen molar-refractivity contribution in [2.24, 2.45) is 0 Å². The summed E-state index contributed by atoms with van der Waals surface area (Å²) in [6.45, 7) is 4.01. The quantitative estimate of drug-likeness (QED) is 0.901. The number of aryl methyl sites for hydroxylation is 1. The Balaban J connectivity index is 1.50. The van der Waals surface area contributed by atoms with Gasteiger partial charge in [-0.1, -0.05) is 25.5 Å². The van der Waals surface area contributed by atoms with E-state index < -0.39 is 0 Å². The number of urea groups is 1. The third-order valence-electron chi connectivity index (χ3n) is 5.49. The molecule has 0 unspecified atom stereocenters. The maximum Gasteiger partial charge on any atom is 0.322 e. The summed E-state index contributed by atoms with van der Waals surface area (Å²) in [7, 11) is 0. The van der Waals surface area contributed by atoms with E-state index in [1.807, 2.05) is 29.2 Å². The summed E-state index contributed by atoms with van der Waals surface area (Å²) in [5, 5.41) is 11.7. The highest BCUT2D eigenvalue weighted by Crippen LogP contribution is 2.26. The van der Waals surface area contributed by atoms with Crippen molar-refractivity contribution in [3.63, 3.8) is 0 Å². The highest BCUT2D eigenvalue weighted by atomic mass is 16.2. The van der Waals surface area contributed by atoms with Crippen molar-refractivity contribution in [3.05, 3.63) is 30.1 Å². The monoisotopic (exact) mass is 353 g/mol. The van der Waals surface area contributed by atoms with Gasteiger partial charge in [-0.05, 0) is 44.2 Å². The number of benzene rings is 1. The van der Waals surface area contributed by atoms with Gasteiger partial charge in [-0.3, -0.25) is 0 Å². The van der Waals surface area contributed by atoms with Gasteiger partial charge in [-0.15, -0.1) is 10.2 Å². The molecule has 1 aromatic carbocycles. The largest absolute Gasteiger partial charge is 0.322 e. The number of hydrogen-bond donors (Lipinski definition) is 1. The van der Waals surface area contributed by atoms with E-state index in [-0.39, 0.29) is 6.03 Å². The number of aromatic nitrogens is 3. The molecule has 0 bridgehead atoms. The Morgan fingerprint density at radius 3 is 3.04 bits per heavy atom. The van der Waals surface area contributed by atoms with Crippen LogP contribution in [0.3, 0.4) is 0 Å². The minimum Gasteiger partial charge on any atom is -0.322 e. The van der Waals surface area contributed by atoms with Crippen LogP contribution in [0.4, 0.5) is 10.5 Å². The molecule has 138 valence electrons. The average Bonchev–Trinajstić information content (AvgIpc) is 3.26. The van der Waals surface area contributed by atoms with Gasteiger partial charge in [-0.25, -0.2) is 4.79 Å². The second kappa shape index (κ2) is 7.48. The maximum atomic E-state index is 12.8. The molecule has 3 heterocycles. The van der Waals surface area contributed by atoms with E-state index in [9.17, 15) is 4.79 Å². The third kappa shape index (κ3) is 3.32. The number of likely N-dealkylation sites (tertiary alicyclic amines) is 1. The van der Waals surface area contributed by atoms with Crippen LogP contribution in [0.5, 0.6) is 0 Å². The smallest absolute Gasteiger partial charge is 0.322 e. The number of carbonyl (C=O) groups is 1. The summed E-state index contributed by atoms with van der Waals surface area (Å²) in [6, 6.07) is 8.35. The summed E-state index contributed by atoms with van der Waals surface area (Å²) in [6.07, 6.45) is 7.76. The van der Waals surface area contributed by atoms with Crippen molar-refractivity contribution in [2.45, 2.75) is 64.5 Å². The van der Waals surface area contributed by atoms with E-state index in [2.05, 4.69) is 27.0 Å². The summed E-state index contributed by atoms with van der Waals surface area (Å²) >= 11 is 0. The molecule has 1 saturated heterocycles. The zero-order valence-corrected chi connectivity index (χ0v) is 15.4. The van der Waals surface area contributed by atoms with Crippen LogP contribution in [0.1, 0.15) is 51.3 Å². The summed E-state index contributed by atoms with van der Waals surface area (Å²) < 4.78 is 2.18. The van der Waals surface area contributed by atoms with Gasteiger partial charge in [0.05, 0.1) is 0 Å². The van der Waals surface area contributed by atoms with Crippen LogP contribution in [0.15, 0.2) is 24.3 Å². The van der Waals surface area contributed by atoms with Crippen LogP contribution >= 0.6 is 0 Å². The predicted octanol–water partition coefficient (Wildman–Crippen LogP) is 4.08. The Hall–Kier alpha value is -2.37. The second-order valence-corrected chi connectivity index (χ2v) is 7.34. The molecule has 2 aliphatic heterocycles. The third-order valence-corrected chi connectivity index (χ3v) is 5.49. The predicted molar refractivity (Wildman–Crippen MR) is 102 cm³/mol. The molecule has 6 heteroatoms. The summed E-state index contributed by atoms with van der Waals surface area (Å²) in [5.74, 6) is 1.96. The van der Waals surface area contributed by atoms with Crippen molar-refractivity contribution in [3.8, 4) is 11.4 Å². The molecular weight excluding hydrogens is 326 g/mol. The first-order valence-electron chi connectivity index (χ1n) is 9.86. The summed E-state index contributed by atoms with van der Waals surface area (Å²) in [5.41, 5.74) is 1.83. The molecule has 1 aromatic heterocycles. The SMILES string of the molecule is CCC[C@H]1CCCCN1C(=O)Nc1cccc(-c2nnc3n2CCC3)c1. The zero-order valence-electron chi connectivity index (χ0n) is 15.4. The van der Waals surface area contributed by atoms with Crippen molar-refractivity contribution in [1.82, 2.24) is 19.7 Å². The number of amides is 2. The van der Waals surface area contributed by atoms with E-state index in [0.717, 1.165) is 74.5 Å². The molecule has 2 aliphatic rings. The van der Waals surface area contributed by atoms with Gasteiger partial charge in [0.1, 0.15) is 5.82 Å². The normalized spacial score (nSPS) is 19.4. The fourth-order valence-corrected chi connectivity index (χ4v) is 4.20. The number of piperidine rings is 1. The molecule has 1 atom stereocenters. The van der Waals surface area contributed by atoms with Crippen LogP contribution in [0.25, 0.3) is 11.4 Å². The van der Waals surface area contributed by atoms with Crippen LogP contribution < -0.4 is 5.32 Å². The van der Waals surface area contributed by atoms with Crippen molar-refractivity contribution >= 4 is 11.7 Å². The lowest BCUT2D eigenvalue weighted by Crippen LogP contribution is -2.45. The van der Waals surface area contributed by atoms with Crippen molar-refractivity contribution in [2.75, 3.05) is 11.9 Å². The number of carbonyl (C=O) groups excluding carboxylic acids is 1. The first-order chi connectivity index (χ1) is 12.8. The number of hydrogen-bond acceptors (Lipinski definition) is 3. The molecule has 1 fully saturated rings. The molecule has 0 saturated carbocycles. The molecular formula is C20H27N5O. The van der Waals surface area contributed by atoms with Crippen LogP contribution in [-0.4, -0.2) is 38.3 Å². The number of nitrogens with one attached hydrogen (secondary N) is 1. The first-order valence-corrected chi connectivity index (χ1v) is 9.86. The van der Waals surface area contributed by atoms with Crippen molar-refractivity contribution < 1.29 is 4.79 Å². The fraction of sp³-hybridized carbons (Fsp3) is 0.550. The van der Waals surface area contributed by atoms with E-state index in [4.69, 9.17) is 0 Å². The molecule has 2 amide bonds. The van der Waals surface area contributed by atoms with E-state index in [1.54, 1.807) is 0 Å². The van der Waals surface area contributed by atoms with Gasteiger partial charge in [0.25, 0.3) is 0 Å². The van der Waals surface area contributed by atoms with Crippen LogP contribution in [0.2, 0.25) is 0 Å². The molecule has 4 rings (SSSR count). The van der Waals surface area contributed by atoms with Crippen LogP contribution in [-0.2, 0) is 13.0 Å². The van der Waals surface area contributed by atoms with Gasteiger partial charge in [0.15, 0.2) is 5.82 Å². The van der Waals surface area contributed by atoms with Gasteiger partial charge in [0.2, 0.25) is 0 Å². The lowest BCUT2D eigenvalue weighted by Gasteiger charge is -2.35. The standard InChI is InChI=1S/C20H27N5O/c1-2-7-17-10-3-4-12-24(17)20(26)21-16-9-5-8-15(14-16)19-23-22-18-11-6-13-25(18)19/h5,8-9,14,17H,2-4,6-7,10-13H2,1H3,(H,21,26)/t17-/m0/s1. The molecule has 6 nitrogen and oxygen atoms in total. The molecule has 0 radical (unpaired) electrons. The molecule has 0 aliphatic carbocycles. The van der Waals surface area contributed by atoms with Gasteiger partial charge in [0, 0.05) is 36.8 Å². The topological polar surface area (TPSA) is 63.1 Å². The van der Waals surface area contributed by atoms with Gasteiger partial charge < -0.3 is 14.8 Å². The van der Waals surface area contributed by atoms with Crippen molar-refractivity contribution in [1.29, 1.82) is 0 Å². The minimum absolute atomic E-state index is 0.0202. The number of rotatable bonds is 4. The highest BCUT2D eigenvalue weighted by Gasteiger charge is 2.26. The molecule has 1 N–H and O–H groups in total. The molecule has 2 aromatic rings. The average molecular weight is 353 g/mol. The lowest BCUT2D eigenvalue weighted by molar-refractivity contribution is 0.157. The Morgan fingerprint density at radius 2 is 2.15 bits per heavy atom. The fourth-order valence-electron chi connectivity index (χ4n) is 4.20. The Bertz CT molecular complexity index is 782. The Kier molecular flexibility index (Phi) is 4.91. The highest BCUT2D eigenvalue weighted by molar-refractivity contribution is 5.90. The number of anilines is 1. The zero-order chi connectivity index (χ0) is 17.9. The van der Waals surface area contributed by atoms with Gasteiger partial charge in [-0.2, -0.15) is 0 Å². The molecule has 0 spiro atoms. The first kappa shape index (κ1) is 17.1. The maximum absolute atomic E-state index is 12.8. The van der Waals surface area contributed by atoms with E-state index in [1.165, 1.54) is 6.42 Å². The lowest BCUT2D eigenvalue weighted by atomic mass is 9.99. The second-order valence-electron chi connectivity index (χ2n) is 7.34. The Morgan fingerprint density at radius 1 is 1.23 bits per heavy atom. The van der Waals surface area contributed by atoms with Gasteiger partial charge >= 0.3 is 6.03 Å². The van der Waals surface area contributed by atoms with Crippen LogP contribution in [0, 0.1) is 0 Å². The van der Waals surface area contributed by atoms with E-state index in [0.29, 0.717) is 6.04 Å².